The SMILES string of the molecule is Cc1nc2cc(C(F)(F)F)c(C(C)Oc3ncc(C(=O)N4C[C@@H](C)O[C@@H](C)C4)cn3)cc2c(=O)[nH]1. The molecule has 0 aliphatic carbocycles. The summed E-state index contributed by atoms with van der Waals surface area (Å²) in [5, 5.41) is 0.00452. The Morgan fingerprint density at radius 1 is 1.20 bits per heavy atom. The smallest absolute Gasteiger partial charge is 0.416 e. The van der Waals surface area contributed by atoms with E-state index >= 15 is 0 Å². The van der Waals surface area contributed by atoms with Crippen molar-refractivity contribution in [2.24, 2.45) is 0 Å². The summed E-state index contributed by atoms with van der Waals surface area (Å²) in [6.07, 6.45) is -3.54. The number of aromatic amines is 1. The summed E-state index contributed by atoms with van der Waals surface area (Å²) in [7, 11) is 0. The number of alkyl halides is 3. The van der Waals surface area contributed by atoms with E-state index in [-0.39, 0.29) is 52.0 Å². The first kappa shape index (κ1) is 24.6. The van der Waals surface area contributed by atoms with E-state index in [0.717, 1.165) is 12.1 Å². The lowest BCUT2D eigenvalue weighted by atomic mass is 10.00. The van der Waals surface area contributed by atoms with Crippen molar-refractivity contribution in [3.8, 4) is 6.01 Å². The molecule has 0 saturated carbocycles. The molecule has 1 fully saturated rings. The molecule has 0 radical (unpaired) electrons. The van der Waals surface area contributed by atoms with Crippen LogP contribution in [-0.4, -0.2) is 56.0 Å². The monoisotopic (exact) mass is 491 g/mol. The second kappa shape index (κ2) is 9.25. The van der Waals surface area contributed by atoms with Gasteiger partial charge in [-0.05, 0) is 39.8 Å². The highest BCUT2D eigenvalue weighted by Gasteiger charge is 2.36. The van der Waals surface area contributed by atoms with E-state index in [4.69, 9.17) is 9.47 Å². The minimum Gasteiger partial charge on any atom is -0.456 e. The maximum absolute atomic E-state index is 13.8. The van der Waals surface area contributed by atoms with Crippen LogP contribution in [0.25, 0.3) is 10.9 Å². The molecule has 1 amide bonds. The van der Waals surface area contributed by atoms with Crippen molar-refractivity contribution >= 4 is 16.8 Å². The number of halogens is 3. The van der Waals surface area contributed by atoms with Gasteiger partial charge in [0.25, 0.3) is 11.5 Å². The fourth-order valence-corrected chi connectivity index (χ4v) is 4.14. The number of carbonyl (C=O) groups excluding carboxylic acids is 1. The van der Waals surface area contributed by atoms with Crippen LogP contribution in [0.3, 0.4) is 0 Å². The fraction of sp³-hybridized carbons (Fsp3) is 0.435. The van der Waals surface area contributed by atoms with Gasteiger partial charge in [-0.25, -0.2) is 15.0 Å². The van der Waals surface area contributed by atoms with E-state index in [1.807, 2.05) is 13.8 Å². The van der Waals surface area contributed by atoms with Gasteiger partial charge >= 0.3 is 12.2 Å². The van der Waals surface area contributed by atoms with Gasteiger partial charge in [0.2, 0.25) is 0 Å². The number of hydrogen-bond acceptors (Lipinski definition) is 7. The van der Waals surface area contributed by atoms with Crippen molar-refractivity contribution < 1.29 is 27.4 Å². The van der Waals surface area contributed by atoms with E-state index in [1.165, 1.54) is 26.2 Å². The number of aromatic nitrogens is 4. The van der Waals surface area contributed by atoms with Gasteiger partial charge in [-0.2, -0.15) is 13.2 Å². The molecule has 9 nitrogen and oxygen atoms in total. The van der Waals surface area contributed by atoms with Gasteiger partial charge in [0.1, 0.15) is 11.9 Å². The minimum atomic E-state index is -4.71. The van der Waals surface area contributed by atoms with E-state index in [9.17, 15) is 22.8 Å². The standard InChI is InChI=1S/C23H24F3N5O4/c1-11-9-31(10-12(2)34-11)21(33)15-7-27-22(28-8-15)35-13(3)16-5-17-19(6-18(16)23(24,25)26)29-14(4)30-20(17)32/h5-8,11-13H,9-10H2,1-4H3,(H,29,30,32)/t11-,12+,13?. The average Bonchev–Trinajstić information content (AvgIpc) is 2.77. The van der Waals surface area contributed by atoms with Gasteiger partial charge in [0.15, 0.2) is 0 Å². The Labute approximate surface area is 198 Å². The molecule has 4 rings (SSSR count). The molecule has 1 N–H and O–H groups in total. The Hall–Kier alpha value is -3.54. The van der Waals surface area contributed by atoms with Gasteiger partial charge in [0, 0.05) is 31.0 Å². The van der Waals surface area contributed by atoms with Crippen molar-refractivity contribution in [1.82, 2.24) is 24.8 Å². The van der Waals surface area contributed by atoms with Gasteiger partial charge < -0.3 is 19.4 Å². The number of fused-ring (bicyclic) bond motifs is 1. The summed E-state index contributed by atoms with van der Waals surface area (Å²) in [6.45, 7) is 7.48. The van der Waals surface area contributed by atoms with E-state index in [1.54, 1.807) is 4.90 Å². The lowest BCUT2D eigenvalue weighted by molar-refractivity contribution is -0.138. The predicted octanol–water partition coefficient (Wildman–Crippen LogP) is 3.43. The summed E-state index contributed by atoms with van der Waals surface area (Å²) in [5.74, 6) is -0.0702. The zero-order chi connectivity index (χ0) is 25.5. The van der Waals surface area contributed by atoms with Crippen LogP contribution >= 0.6 is 0 Å². The van der Waals surface area contributed by atoms with Crippen LogP contribution in [0.5, 0.6) is 6.01 Å². The lowest BCUT2D eigenvalue weighted by Crippen LogP contribution is -2.48. The summed E-state index contributed by atoms with van der Waals surface area (Å²) in [6, 6.07) is 1.74. The number of carbonyl (C=O) groups is 1. The predicted molar refractivity (Wildman–Crippen MR) is 119 cm³/mol. The largest absolute Gasteiger partial charge is 0.456 e. The molecule has 1 aromatic carbocycles. The van der Waals surface area contributed by atoms with E-state index < -0.39 is 23.4 Å². The van der Waals surface area contributed by atoms with Crippen LogP contribution in [0, 0.1) is 6.92 Å². The van der Waals surface area contributed by atoms with Gasteiger partial charge in [-0.1, -0.05) is 0 Å². The number of ether oxygens (including phenoxy) is 2. The second-order valence-corrected chi connectivity index (χ2v) is 8.59. The van der Waals surface area contributed by atoms with Crippen molar-refractivity contribution in [2.45, 2.75) is 52.2 Å². The number of benzene rings is 1. The number of aryl methyl sites for hydroxylation is 1. The van der Waals surface area contributed by atoms with Crippen LogP contribution < -0.4 is 10.3 Å². The zero-order valence-electron chi connectivity index (χ0n) is 19.5. The molecule has 3 atom stereocenters. The fourth-order valence-electron chi connectivity index (χ4n) is 4.14. The molecule has 1 saturated heterocycles. The summed E-state index contributed by atoms with van der Waals surface area (Å²) in [5.41, 5.74) is -1.64. The Morgan fingerprint density at radius 2 is 1.83 bits per heavy atom. The highest BCUT2D eigenvalue weighted by atomic mass is 19.4. The highest BCUT2D eigenvalue weighted by molar-refractivity contribution is 5.93. The molecule has 1 aliphatic heterocycles. The van der Waals surface area contributed by atoms with Crippen LogP contribution in [0.1, 0.15) is 54.2 Å². The van der Waals surface area contributed by atoms with Crippen molar-refractivity contribution in [1.29, 1.82) is 0 Å². The number of hydrogen-bond donors (Lipinski definition) is 1. The van der Waals surface area contributed by atoms with Crippen LogP contribution in [-0.2, 0) is 10.9 Å². The first-order valence-corrected chi connectivity index (χ1v) is 11.0. The molecule has 12 heteroatoms. The summed E-state index contributed by atoms with van der Waals surface area (Å²) >= 11 is 0. The third kappa shape index (κ3) is 5.26. The summed E-state index contributed by atoms with van der Waals surface area (Å²) in [4.78, 5) is 41.2. The van der Waals surface area contributed by atoms with E-state index in [2.05, 4.69) is 19.9 Å². The number of nitrogens with zero attached hydrogens (tertiary/aromatic N) is 4. The molecule has 186 valence electrons. The summed E-state index contributed by atoms with van der Waals surface area (Å²) < 4.78 is 52.6. The second-order valence-electron chi connectivity index (χ2n) is 8.59. The first-order chi connectivity index (χ1) is 16.4. The van der Waals surface area contributed by atoms with E-state index in [0.29, 0.717) is 13.1 Å². The number of amides is 1. The van der Waals surface area contributed by atoms with Gasteiger partial charge in [0.05, 0.1) is 34.2 Å². The first-order valence-electron chi connectivity index (χ1n) is 11.0. The Morgan fingerprint density at radius 3 is 2.43 bits per heavy atom. The Balaban J connectivity index is 1.59. The highest BCUT2D eigenvalue weighted by Crippen LogP contribution is 2.37. The molecule has 3 heterocycles. The normalized spacial score (nSPS) is 19.6. The molecule has 0 bridgehead atoms. The van der Waals surface area contributed by atoms with Crippen molar-refractivity contribution in [3.63, 3.8) is 0 Å². The lowest BCUT2D eigenvalue weighted by Gasteiger charge is -2.35. The number of H-pyrrole nitrogens is 1. The van der Waals surface area contributed by atoms with Gasteiger partial charge in [-0.3, -0.25) is 9.59 Å². The van der Waals surface area contributed by atoms with Crippen LogP contribution in [0.4, 0.5) is 13.2 Å². The number of morpholine rings is 1. The van der Waals surface area contributed by atoms with Crippen molar-refractivity contribution in [3.05, 3.63) is 57.4 Å². The molecule has 3 aromatic rings. The minimum absolute atomic E-state index is 0.00452. The molecule has 1 aliphatic rings. The molecule has 35 heavy (non-hydrogen) atoms. The maximum Gasteiger partial charge on any atom is 0.416 e. The molecule has 2 aromatic heterocycles. The zero-order valence-corrected chi connectivity index (χ0v) is 19.5. The van der Waals surface area contributed by atoms with Gasteiger partial charge in [-0.15, -0.1) is 0 Å². The molecular weight excluding hydrogens is 467 g/mol. The Bertz CT molecular complexity index is 1300. The van der Waals surface area contributed by atoms with Crippen LogP contribution in [0.15, 0.2) is 29.3 Å². The number of rotatable bonds is 4. The van der Waals surface area contributed by atoms with Crippen LogP contribution in [0.2, 0.25) is 0 Å². The molecular formula is C23H24F3N5O4. The Kier molecular flexibility index (Phi) is 6.50. The molecule has 1 unspecified atom stereocenters. The third-order valence-electron chi connectivity index (χ3n) is 5.60. The maximum atomic E-state index is 13.8. The average molecular weight is 491 g/mol. The van der Waals surface area contributed by atoms with Crippen molar-refractivity contribution in [2.75, 3.05) is 13.1 Å². The number of nitrogens with one attached hydrogen (secondary N) is 1. The third-order valence-corrected chi connectivity index (χ3v) is 5.60. The molecule has 0 spiro atoms. The quantitative estimate of drug-likeness (QED) is 0.595. The topological polar surface area (TPSA) is 110 Å².